The standard InChI is InChI=1S/C13H14ClN3O/c1-9-6-10(2)17(16-9)8-13(18)15-12-5-3-4-11(14)7-12/h3-7H,8H2,1-2H3,(H,15,18). The van der Waals surface area contributed by atoms with Crippen molar-refractivity contribution in [2.75, 3.05) is 5.32 Å². The summed E-state index contributed by atoms with van der Waals surface area (Å²) < 4.78 is 1.68. The number of rotatable bonds is 3. The van der Waals surface area contributed by atoms with Crippen molar-refractivity contribution in [1.29, 1.82) is 0 Å². The summed E-state index contributed by atoms with van der Waals surface area (Å²) in [7, 11) is 0. The molecular formula is C13H14ClN3O. The number of carbonyl (C=O) groups excluding carboxylic acids is 1. The second-order valence-electron chi connectivity index (χ2n) is 4.14. The van der Waals surface area contributed by atoms with E-state index in [4.69, 9.17) is 11.6 Å². The Labute approximate surface area is 111 Å². The molecule has 1 amide bonds. The molecule has 0 atom stereocenters. The molecule has 0 radical (unpaired) electrons. The van der Waals surface area contributed by atoms with Crippen molar-refractivity contribution in [3.05, 3.63) is 46.7 Å². The first-order valence-corrected chi connectivity index (χ1v) is 5.99. The Morgan fingerprint density at radius 3 is 2.78 bits per heavy atom. The average Bonchev–Trinajstić information content (AvgIpc) is 2.57. The quantitative estimate of drug-likeness (QED) is 0.926. The summed E-state index contributed by atoms with van der Waals surface area (Å²) in [5.41, 5.74) is 2.56. The summed E-state index contributed by atoms with van der Waals surface area (Å²) in [6.07, 6.45) is 0. The molecule has 0 aliphatic rings. The van der Waals surface area contributed by atoms with Gasteiger partial charge in [-0.25, -0.2) is 0 Å². The predicted molar refractivity (Wildman–Crippen MR) is 71.8 cm³/mol. The number of aromatic nitrogens is 2. The van der Waals surface area contributed by atoms with Gasteiger partial charge in [0.15, 0.2) is 0 Å². The van der Waals surface area contributed by atoms with Crippen LogP contribution in [0.25, 0.3) is 0 Å². The van der Waals surface area contributed by atoms with Crippen LogP contribution in [0.15, 0.2) is 30.3 Å². The summed E-state index contributed by atoms with van der Waals surface area (Å²) in [6.45, 7) is 4.03. The van der Waals surface area contributed by atoms with Gasteiger partial charge in [-0.2, -0.15) is 5.10 Å². The van der Waals surface area contributed by atoms with Gasteiger partial charge in [0.2, 0.25) is 5.91 Å². The van der Waals surface area contributed by atoms with E-state index in [0.717, 1.165) is 11.4 Å². The Balaban J connectivity index is 2.03. The number of benzene rings is 1. The van der Waals surface area contributed by atoms with Gasteiger partial charge in [0.05, 0.1) is 5.69 Å². The van der Waals surface area contributed by atoms with Crippen molar-refractivity contribution < 1.29 is 4.79 Å². The van der Waals surface area contributed by atoms with Gasteiger partial charge in [0.1, 0.15) is 6.54 Å². The van der Waals surface area contributed by atoms with E-state index in [1.54, 1.807) is 28.9 Å². The lowest BCUT2D eigenvalue weighted by molar-refractivity contribution is -0.116. The predicted octanol–water partition coefficient (Wildman–Crippen LogP) is 2.79. The molecule has 2 rings (SSSR count). The minimum absolute atomic E-state index is 0.122. The van der Waals surface area contributed by atoms with Crippen molar-refractivity contribution >= 4 is 23.2 Å². The van der Waals surface area contributed by atoms with Crippen LogP contribution in [0.3, 0.4) is 0 Å². The molecule has 1 N–H and O–H groups in total. The average molecular weight is 264 g/mol. The van der Waals surface area contributed by atoms with Gasteiger partial charge in [-0.1, -0.05) is 17.7 Å². The maximum atomic E-state index is 11.8. The zero-order chi connectivity index (χ0) is 13.1. The van der Waals surface area contributed by atoms with Crippen LogP contribution in [0.2, 0.25) is 5.02 Å². The third-order valence-corrected chi connectivity index (χ3v) is 2.74. The highest BCUT2D eigenvalue weighted by Crippen LogP contribution is 2.14. The fourth-order valence-corrected chi connectivity index (χ4v) is 1.93. The Morgan fingerprint density at radius 1 is 1.39 bits per heavy atom. The van der Waals surface area contributed by atoms with E-state index in [9.17, 15) is 4.79 Å². The van der Waals surface area contributed by atoms with Crippen molar-refractivity contribution in [2.24, 2.45) is 0 Å². The smallest absolute Gasteiger partial charge is 0.246 e. The molecule has 0 fully saturated rings. The summed E-state index contributed by atoms with van der Waals surface area (Å²) >= 11 is 5.85. The third-order valence-electron chi connectivity index (χ3n) is 2.51. The second kappa shape index (κ2) is 5.23. The monoisotopic (exact) mass is 263 g/mol. The molecule has 0 spiro atoms. The van der Waals surface area contributed by atoms with Gasteiger partial charge in [-0.05, 0) is 38.1 Å². The highest BCUT2D eigenvalue weighted by atomic mass is 35.5. The van der Waals surface area contributed by atoms with E-state index in [0.29, 0.717) is 10.7 Å². The topological polar surface area (TPSA) is 46.9 Å². The first kappa shape index (κ1) is 12.6. The van der Waals surface area contributed by atoms with Gasteiger partial charge in [0, 0.05) is 16.4 Å². The van der Waals surface area contributed by atoms with Crippen molar-refractivity contribution in [1.82, 2.24) is 9.78 Å². The van der Waals surface area contributed by atoms with Gasteiger partial charge in [0.25, 0.3) is 0 Å². The van der Waals surface area contributed by atoms with Crippen LogP contribution in [0.5, 0.6) is 0 Å². The van der Waals surface area contributed by atoms with Crippen LogP contribution in [-0.2, 0) is 11.3 Å². The van der Waals surface area contributed by atoms with Gasteiger partial charge in [-0.15, -0.1) is 0 Å². The Hall–Kier alpha value is -1.81. The Bertz CT molecular complexity index is 577. The SMILES string of the molecule is Cc1cc(C)n(CC(=O)Nc2cccc(Cl)c2)n1. The lowest BCUT2D eigenvalue weighted by atomic mass is 10.3. The normalized spacial score (nSPS) is 10.4. The molecule has 1 aromatic heterocycles. The maximum Gasteiger partial charge on any atom is 0.246 e. The number of nitrogens with one attached hydrogen (secondary N) is 1. The zero-order valence-corrected chi connectivity index (χ0v) is 11.0. The number of anilines is 1. The fourth-order valence-electron chi connectivity index (χ4n) is 1.74. The van der Waals surface area contributed by atoms with Crippen LogP contribution in [0.4, 0.5) is 5.69 Å². The number of hydrogen-bond donors (Lipinski definition) is 1. The summed E-state index contributed by atoms with van der Waals surface area (Å²) in [5.74, 6) is -0.122. The molecule has 1 heterocycles. The minimum Gasteiger partial charge on any atom is -0.324 e. The molecule has 1 aromatic carbocycles. The summed E-state index contributed by atoms with van der Waals surface area (Å²) in [5, 5.41) is 7.62. The number of hydrogen-bond acceptors (Lipinski definition) is 2. The lowest BCUT2D eigenvalue weighted by Crippen LogP contribution is -2.20. The van der Waals surface area contributed by atoms with E-state index in [1.165, 1.54) is 0 Å². The molecule has 0 saturated carbocycles. The van der Waals surface area contributed by atoms with Crippen LogP contribution < -0.4 is 5.32 Å². The Morgan fingerprint density at radius 2 is 2.17 bits per heavy atom. The van der Waals surface area contributed by atoms with Gasteiger partial charge >= 0.3 is 0 Å². The number of aryl methyl sites for hydroxylation is 2. The van der Waals surface area contributed by atoms with Crippen molar-refractivity contribution in [2.45, 2.75) is 20.4 Å². The number of amides is 1. The first-order chi connectivity index (χ1) is 8.54. The molecule has 0 aliphatic heterocycles. The molecule has 5 heteroatoms. The zero-order valence-electron chi connectivity index (χ0n) is 10.3. The summed E-state index contributed by atoms with van der Waals surface area (Å²) in [4.78, 5) is 11.8. The molecule has 18 heavy (non-hydrogen) atoms. The first-order valence-electron chi connectivity index (χ1n) is 5.61. The highest BCUT2D eigenvalue weighted by Gasteiger charge is 2.07. The molecule has 4 nitrogen and oxygen atoms in total. The second-order valence-corrected chi connectivity index (χ2v) is 4.58. The number of halogens is 1. The number of carbonyl (C=O) groups is 1. The maximum absolute atomic E-state index is 11.8. The third kappa shape index (κ3) is 3.11. The van der Waals surface area contributed by atoms with E-state index >= 15 is 0 Å². The van der Waals surface area contributed by atoms with E-state index < -0.39 is 0 Å². The van der Waals surface area contributed by atoms with Crippen molar-refractivity contribution in [3.8, 4) is 0 Å². The van der Waals surface area contributed by atoms with Gasteiger partial charge < -0.3 is 5.32 Å². The molecule has 0 unspecified atom stereocenters. The molecule has 0 saturated heterocycles. The minimum atomic E-state index is -0.122. The van der Waals surface area contributed by atoms with E-state index in [-0.39, 0.29) is 12.5 Å². The largest absolute Gasteiger partial charge is 0.324 e. The molecule has 0 bridgehead atoms. The van der Waals surface area contributed by atoms with Crippen molar-refractivity contribution in [3.63, 3.8) is 0 Å². The lowest BCUT2D eigenvalue weighted by Gasteiger charge is -2.06. The van der Waals surface area contributed by atoms with Crippen LogP contribution >= 0.6 is 11.6 Å². The van der Waals surface area contributed by atoms with Crippen LogP contribution in [-0.4, -0.2) is 15.7 Å². The highest BCUT2D eigenvalue weighted by molar-refractivity contribution is 6.30. The molecular weight excluding hydrogens is 250 g/mol. The molecule has 0 aliphatic carbocycles. The van der Waals surface area contributed by atoms with Crippen LogP contribution in [0, 0.1) is 13.8 Å². The van der Waals surface area contributed by atoms with Crippen LogP contribution in [0.1, 0.15) is 11.4 Å². The number of nitrogens with zero attached hydrogens (tertiary/aromatic N) is 2. The molecule has 94 valence electrons. The summed E-state index contributed by atoms with van der Waals surface area (Å²) in [6, 6.07) is 9.00. The molecule has 2 aromatic rings. The fraction of sp³-hybridized carbons (Fsp3) is 0.231. The van der Waals surface area contributed by atoms with E-state index in [2.05, 4.69) is 10.4 Å². The Kier molecular flexibility index (Phi) is 3.67. The van der Waals surface area contributed by atoms with E-state index in [1.807, 2.05) is 19.9 Å². The van der Waals surface area contributed by atoms with Gasteiger partial charge in [-0.3, -0.25) is 9.48 Å².